The monoisotopic (exact) mass is 656 g/mol. The van der Waals surface area contributed by atoms with Gasteiger partial charge in [-0.05, 0) is 34.4 Å². The highest BCUT2D eigenvalue weighted by molar-refractivity contribution is 7.51. The Kier molecular flexibility index (Phi) is 13.2. The quantitative estimate of drug-likeness (QED) is 0.0517. The van der Waals surface area contributed by atoms with E-state index in [-0.39, 0.29) is 33.4 Å². The van der Waals surface area contributed by atoms with Gasteiger partial charge in [0.05, 0.1) is 51.2 Å². The number of hydrogen-bond donors (Lipinski definition) is 12. The minimum Gasteiger partial charge on any atom is -0.632 e. The molecule has 17 nitrogen and oxygen atoms in total. The predicted octanol–water partition coefficient (Wildman–Crippen LogP) is -1.62. The minimum atomic E-state index is -5.25. The molecule has 2 aromatic carbocycles. The molecule has 0 radical (unpaired) electrons. The first-order valence-electron chi connectivity index (χ1n) is 12.7. The molecule has 0 fully saturated rings. The largest absolute Gasteiger partial charge is 0.632 e. The van der Waals surface area contributed by atoms with E-state index in [2.05, 4.69) is 0 Å². The van der Waals surface area contributed by atoms with Gasteiger partial charge in [-0.2, -0.15) is 0 Å². The molecule has 2 aromatic rings. The fourth-order valence-corrected chi connectivity index (χ4v) is 6.79. The van der Waals surface area contributed by atoms with E-state index in [1.807, 2.05) is 0 Å². The number of hydrogen-bond acceptors (Lipinski definition) is 12. The summed E-state index contributed by atoms with van der Waals surface area (Å²) >= 11 is 0. The average molecular weight is 657 g/mol. The Labute approximate surface area is 246 Å². The van der Waals surface area contributed by atoms with Crippen LogP contribution in [0.2, 0.25) is 0 Å². The topological polar surface area (TPSA) is 303 Å². The van der Waals surface area contributed by atoms with Gasteiger partial charge in [-0.15, -0.1) is 0 Å². The number of quaternary nitrogens is 1. The van der Waals surface area contributed by atoms with Gasteiger partial charge in [-0.25, -0.2) is 0 Å². The second kappa shape index (κ2) is 15.3. The van der Waals surface area contributed by atoms with Crippen molar-refractivity contribution in [3.05, 3.63) is 62.9 Å². The molecular weight excluding hydrogens is 618 g/mol. The minimum absolute atomic E-state index is 0.0324. The molecule has 2 rings (SSSR count). The number of aromatic hydroxyl groups is 2. The molecular formula is C24H38N2O15P2. The van der Waals surface area contributed by atoms with Gasteiger partial charge in [0.2, 0.25) is 0 Å². The number of hydroxylamine groups is 3. The van der Waals surface area contributed by atoms with Gasteiger partial charge < -0.3 is 70.3 Å². The average Bonchev–Trinajstić information content (AvgIpc) is 2.91. The molecule has 0 heterocycles. The van der Waals surface area contributed by atoms with Gasteiger partial charge in [0.15, 0.2) is 6.29 Å². The van der Waals surface area contributed by atoms with Gasteiger partial charge >= 0.3 is 15.2 Å². The summed E-state index contributed by atoms with van der Waals surface area (Å²) in [5, 5.41) is 95.1. The Balaban J connectivity index is 2.76. The number of rotatable bonds is 17. The molecule has 3 unspecified atom stereocenters. The first kappa shape index (κ1) is 37.2. The molecule has 0 saturated heterocycles. The number of phenolic OH excluding ortho intramolecular Hbond substituents is 2. The standard InChI is InChI=1S/C24H38N2O15P2/c27-7-15-3-17(9-29)19(24(34)4-15)6-26(35,14-43(39,40)41)22(12-32)21(11-31)25(13-42(36,37)38)5-18-20(10-30)16(8-28)1-2-23(18)33/h1-4,21-22,27-34H,5-14H2,(H2,36,37,38)(H2,39,40,41). The summed E-state index contributed by atoms with van der Waals surface area (Å²) in [6.07, 6.45) is -2.74. The third-order valence-corrected chi connectivity index (χ3v) is 8.61. The maximum atomic E-state index is 14.4. The fourth-order valence-electron chi connectivity index (χ4n) is 5.07. The molecule has 0 aliphatic carbocycles. The van der Waals surface area contributed by atoms with E-state index >= 15 is 0 Å². The molecule has 0 aliphatic heterocycles. The van der Waals surface area contributed by atoms with Crippen molar-refractivity contribution in [2.24, 2.45) is 0 Å². The van der Waals surface area contributed by atoms with Crippen LogP contribution in [-0.4, -0.2) is 108 Å². The highest BCUT2D eigenvalue weighted by atomic mass is 31.2. The summed E-state index contributed by atoms with van der Waals surface area (Å²) in [5.74, 6) is -1.13. The number of benzene rings is 2. The SMILES string of the molecule is O=P(O)(O)CN(Cc1c(O)ccc(CO)c1CO)C(CO)C(CO)[N+]([O-])(Cc1c(O)cc(CO)cc1CO)CP(=O)(O)O. The van der Waals surface area contributed by atoms with Crippen LogP contribution in [0.4, 0.5) is 0 Å². The van der Waals surface area contributed by atoms with Crippen LogP contribution < -0.4 is 0 Å². The predicted molar refractivity (Wildman–Crippen MR) is 148 cm³/mol. The Morgan fingerprint density at radius 2 is 1.37 bits per heavy atom. The van der Waals surface area contributed by atoms with Crippen molar-refractivity contribution in [2.45, 2.75) is 51.6 Å². The van der Waals surface area contributed by atoms with Crippen LogP contribution in [0, 0.1) is 5.21 Å². The molecule has 244 valence electrons. The van der Waals surface area contributed by atoms with Gasteiger partial charge in [0.25, 0.3) is 0 Å². The third kappa shape index (κ3) is 9.73. The zero-order chi connectivity index (χ0) is 32.8. The third-order valence-electron chi connectivity index (χ3n) is 7.03. The number of nitrogens with zero attached hydrogens (tertiary/aromatic N) is 2. The van der Waals surface area contributed by atoms with Crippen LogP contribution >= 0.6 is 15.2 Å². The molecule has 19 heteroatoms. The Morgan fingerprint density at radius 1 is 0.744 bits per heavy atom. The summed E-state index contributed by atoms with van der Waals surface area (Å²) in [7, 11) is -10.3. The van der Waals surface area contributed by atoms with Crippen molar-refractivity contribution in [1.29, 1.82) is 0 Å². The molecule has 0 aromatic heterocycles. The lowest BCUT2D eigenvalue weighted by atomic mass is 9.98. The molecule has 3 atom stereocenters. The van der Waals surface area contributed by atoms with Crippen LogP contribution in [0.15, 0.2) is 24.3 Å². The maximum absolute atomic E-state index is 14.4. The first-order chi connectivity index (χ1) is 20.0. The second-order valence-corrected chi connectivity index (χ2v) is 13.3. The molecule has 0 bridgehead atoms. The molecule has 0 spiro atoms. The molecule has 0 aliphatic rings. The van der Waals surface area contributed by atoms with Crippen molar-refractivity contribution in [3.63, 3.8) is 0 Å². The lowest BCUT2D eigenvalue weighted by Gasteiger charge is -2.52. The Morgan fingerprint density at radius 3 is 1.84 bits per heavy atom. The van der Waals surface area contributed by atoms with E-state index in [1.54, 1.807) is 0 Å². The van der Waals surface area contributed by atoms with Gasteiger partial charge in [0, 0.05) is 12.1 Å². The lowest BCUT2D eigenvalue weighted by molar-refractivity contribution is -0.911. The summed E-state index contributed by atoms with van der Waals surface area (Å²) in [6, 6.07) is 0.924. The maximum Gasteiger partial charge on any atom is 0.379 e. The number of phenols is 2. The molecule has 0 saturated carbocycles. The summed E-state index contributed by atoms with van der Waals surface area (Å²) < 4.78 is 22.2. The molecule has 43 heavy (non-hydrogen) atoms. The van der Waals surface area contributed by atoms with Gasteiger partial charge in [-0.1, -0.05) is 12.1 Å². The second-order valence-electron chi connectivity index (χ2n) is 10.1. The van der Waals surface area contributed by atoms with Crippen LogP contribution in [0.3, 0.4) is 0 Å². The van der Waals surface area contributed by atoms with E-state index in [9.17, 15) is 74.8 Å². The normalized spacial score (nSPS) is 15.4. The van der Waals surface area contributed by atoms with Crippen LogP contribution in [0.1, 0.15) is 33.4 Å². The molecule has 12 N–H and O–H groups in total. The fraction of sp³-hybridized carbons (Fsp3) is 0.500. The van der Waals surface area contributed by atoms with Gasteiger partial charge in [0.1, 0.15) is 30.4 Å². The highest BCUT2D eigenvalue weighted by Gasteiger charge is 2.44. The lowest BCUT2D eigenvalue weighted by Crippen LogP contribution is -2.62. The van der Waals surface area contributed by atoms with Crippen molar-refractivity contribution in [1.82, 2.24) is 4.90 Å². The number of aliphatic hydroxyl groups is 6. The van der Waals surface area contributed by atoms with E-state index < -0.39 is 109 Å². The van der Waals surface area contributed by atoms with E-state index in [4.69, 9.17) is 0 Å². The van der Waals surface area contributed by atoms with Crippen LogP contribution in [0.25, 0.3) is 0 Å². The zero-order valence-electron chi connectivity index (χ0n) is 22.9. The van der Waals surface area contributed by atoms with Crippen LogP contribution in [0.5, 0.6) is 11.5 Å². The van der Waals surface area contributed by atoms with Crippen molar-refractivity contribution >= 4 is 15.2 Å². The van der Waals surface area contributed by atoms with E-state index in [0.717, 1.165) is 17.0 Å². The molecule has 0 amide bonds. The Bertz CT molecular complexity index is 1330. The van der Waals surface area contributed by atoms with Gasteiger partial charge in [-0.3, -0.25) is 14.0 Å². The zero-order valence-corrected chi connectivity index (χ0v) is 24.7. The van der Waals surface area contributed by atoms with Crippen LogP contribution in [-0.2, 0) is 48.6 Å². The smallest absolute Gasteiger partial charge is 0.379 e. The Hall–Kier alpha value is -2.02. The number of aliphatic hydroxyl groups excluding tert-OH is 6. The summed E-state index contributed by atoms with van der Waals surface area (Å²) in [6.45, 7) is -6.73. The first-order valence-corrected chi connectivity index (χ1v) is 16.3. The van der Waals surface area contributed by atoms with E-state index in [1.165, 1.54) is 12.1 Å². The summed E-state index contributed by atoms with van der Waals surface area (Å²) in [5.41, 5.74) is -0.328. The van der Waals surface area contributed by atoms with Crippen molar-refractivity contribution in [2.75, 3.05) is 25.8 Å². The highest BCUT2D eigenvalue weighted by Crippen LogP contribution is 2.44. The van der Waals surface area contributed by atoms with E-state index in [0.29, 0.717) is 0 Å². The van der Waals surface area contributed by atoms with Crippen molar-refractivity contribution in [3.8, 4) is 11.5 Å². The van der Waals surface area contributed by atoms with Crippen molar-refractivity contribution < 1.29 is 74.2 Å². The summed E-state index contributed by atoms with van der Waals surface area (Å²) in [4.78, 5) is 40.1.